The predicted molar refractivity (Wildman–Crippen MR) is 133 cm³/mol. The number of rotatable bonds is 7. The number of hydrogen-bond acceptors (Lipinski definition) is 3. The van der Waals surface area contributed by atoms with E-state index in [0.29, 0.717) is 0 Å². The Bertz CT molecular complexity index is 954. The second-order valence-electron chi connectivity index (χ2n) is 7.99. The summed E-state index contributed by atoms with van der Waals surface area (Å²) in [7, 11) is 4.18. The number of aromatic hydroxyl groups is 2. The average molecular weight is 481 g/mol. The van der Waals surface area contributed by atoms with Crippen LogP contribution in [0.4, 0.5) is 0 Å². The zero-order valence-electron chi connectivity index (χ0n) is 19.1. The summed E-state index contributed by atoms with van der Waals surface area (Å²) in [5.74, 6) is 1.65. The summed E-state index contributed by atoms with van der Waals surface area (Å²) in [5.41, 5.74) is 4.60. The molecular weight excluding hydrogens is 450 g/mol. The Morgan fingerprint density at radius 3 is 1.70 bits per heavy atom. The molecule has 0 atom stereocenters. The largest absolute Gasteiger partial charge is 2.00 e. The van der Waals surface area contributed by atoms with E-state index in [-0.39, 0.29) is 28.6 Å². The standard InChI is InChI=1S/C24H26NO2.C5H5.Fe/c1-25(2)17-5-8-23(18-6-3-4-7-18)24(19-9-13-21(26)14-10-19)20-11-15-22(27)16-12-20;1-2-4-5-3-1;/h3-4,6-7,9-16,26-27H,5,8,17H2,1-2H3;1-5H;/q2*-1;+2. The van der Waals surface area contributed by atoms with Crippen molar-refractivity contribution >= 4 is 0 Å². The summed E-state index contributed by atoms with van der Waals surface area (Å²) < 4.78 is 0. The van der Waals surface area contributed by atoms with Crippen LogP contribution < -0.4 is 0 Å². The Hall–Kier alpha value is -3.04. The summed E-state index contributed by atoms with van der Waals surface area (Å²) in [6.07, 6.45) is 10.4. The molecule has 172 valence electrons. The first-order chi connectivity index (χ1) is 15.5. The number of phenolic OH excluding ortho intramolecular Hbond substituents is 2. The topological polar surface area (TPSA) is 43.7 Å². The third-order valence-electron chi connectivity index (χ3n) is 5.21. The molecule has 3 aromatic carbocycles. The molecule has 0 unspecified atom stereocenters. The maximum atomic E-state index is 9.72. The maximum absolute atomic E-state index is 9.72. The molecule has 0 fully saturated rings. The maximum Gasteiger partial charge on any atom is 2.00 e. The molecule has 4 heteroatoms. The van der Waals surface area contributed by atoms with Gasteiger partial charge in [-0.15, -0.1) is 35.4 Å². The van der Waals surface area contributed by atoms with Gasteiger partial charge in [0.1, 0.15) is 11.5 Å². The van der Waals surface area contributed by atoms with Crippen LogP contribution in [0.25, 0.3) is 0 Å². The molecule has 0 spiro atoms. The van der Waals surface area contributed by atoms with Crippen molar-refractivity contribution in [3.63, 3.8) is 0 Å². The molecule has 33 heavy (non-hydrogen) atoms. The summed E-state index contributed by atoms with van der Waals surface area (Å²) in [4.78, 5) is 2.20. The number of phenols is 2. The SMILES string of the molecule is CN(C)CCCC(=C1C=CC=C1)[C-](c1ccc(O)cc1)c1ccc(O)cc1.[Fe+2].c1cc[cH-]c1. The second-order valence-corrected chi connectivity index (χ2v) is 7.99. The molecule has 1 aliphatic carbocycles. The summed E-state index contributed by atoms with van der Waals surface area (Å²) in [6.45, 7) is 1.02. The fourth-order valence-corrected chi connectivity index (χ4v) is 3.65. The Morgan fingerprint density at radius 1 is 0.818 bits per heavy atom. The molecule has 4 rings (SSSR count). The quantitative estimate of drug-likeness (QED) is 0.310. The fraction of sp³-hybridized carbons (Fsp3) is 0.172. The van der Waals surface area contributed by atoms with Crippen molar-refractivity contribution in [1.82, 2.24) is 4.90 Å². The molecule has 2 N–H and O–H groups in total. The third kappa shape index (κ3) is 8.11. The van der Waals surface area contributed by atoms with Gasteiger partial charge in [-0.2, -0.15) is 18.2 Å². The zero-order chi connectivity index (χ0) is 22.8. The van der Waals surface area contributed by atoms with Gasteiger partial charge in [-0.25, -0.2) is 12.1 Å². The van der Waals surface area contributed by atoms with Crippen molar-refractivity contribution < 1.29 is 27.3 Å². The summed E-state index contributed by atoms with van der Waals surface area (Å²) >= 11 is 0. The van der Waals surface area contributed by atoms with E-state index in [4.69, 9.17) is 0 Å². The van der Waals surface area contributed by atoms with Crippen LogP contribution in [-0.4, -0.2) is 35.8 Å². The molecule has 1 aliphatic rings. The molecule has 0 aromatic heterocycles. The van der Waals surface area contributed by atoms with Gasteiger partial charge in [0, 0.05) is 0 Å². The molecule has 0 saturated carbocycles. The number of nitrogens with zero attached hydrogens (tertiary/aromatic N) is 1. The molecular formula is C29H31FeNO2. The van der Waals surface area contributed by atoms with Crippen LogP contribution >= 0.6 is 0 Å². The average Bonchev–Trinajstić information content (AvgIpc) is 3.52. The van der Waals surface area contributed by atoms with Crippen molar-refractivity contribution in [2.75, 3.05) is 20.6 Å². The van der Waals surface area contributed by atoms with Crippen LogP contribution in [0, 0.1) is 5.92 Å². The predicted octanol–water partition coefficient (Wildman–Crippen LogP) is 6.24. The van der Waals surface area contributed by atoms with Crippen LogP contribution in [0.1, 0.15) is 24.0 Å². The first-order valence-electron chi connectivity index (χ1n) is 10.9. The van der Waals surface area contributed by atoms with Crippen molar-refractivity contribution in [2.24, 2.45) is 0 Å². The molecule has 0 radical (unpaired) electrons. The van der Waals surface area contributed by atoms with Crippen LogP contribution in [-0.2, 0) is 17.1 Å². The van der Waals surface area contributed by atoms with Crippen LogP contribution in [0.2, 0.25) is 0 Å². The zero-order valence-corrected chi connectivity index (χ0v) is 20.2. The van der Waals surface area contributed by atoms with Gasteiger partial charge in [0.15, 0.2) is 0 Å². The van der Waals surface area contributed by atoms with E-state index in [0.717, 1.165) is 36.4 Å². The van der Waals surface area contributed by atoms with Crippen molar-refractivity contribution in [1.29, 1.82) is 0 Å². The van der Waals surface area contributed by atoms with Gasteiger partial charge in [0.05, 0.1) is 0 Å². The minimum atomic E-state index is 0. The van der Waals surface area contributed by atoms with Crippen molar-refractivity contribution in [2.45, 2.75) is 12.8 Å². The molecule has 0 amide bonds. The Labute approximate surface area is 208 Å². The van der Waals surface area contributed by atoms with Crippen molar-refractivity contribution in [3.05, 3.63) is 131 Å². The molecule has 0 bridgehead atoms. The first kappa shape index (κ1) is 26.2. The van der Waals surface area contributed by atoms with Gasteiger partial charge >= 0.3 is 17.1 Å². The minimum Gasteiger partial charge on any atom is -0.509 e. The Kier molecular flexibility index (Phi) is 10.7. The van der Waals surface area contributed by atoms with Gasteiger partial charge in [-0.1, -0.05) is 41.4 Å². The number of hydrogen-bond donors (Lipinski definition) is 2. The summed E-state index contributed by atoms with van der Waals surface area (Å²) in [5, 5.41) is 19.4. The van der Waals surface area contributed by atoms with Crippen LogP contribution in [0.15, 0.2) is 114 Å². The van der Waals surface area contributed by atoms with Gasteiger partial charge in [0.2, 0.25) is 0 Å². The van der Waals surface area contributed by atoms with Crippen molar-refractivity contribution in [3.8, 4) is 11.5 Å². The minimum absolute atomic E-state index is 0. The molecule has 3 nitrogen and oxygen atoms in total. The Balaban J connectivity index is 0.000000568. The number of benzene rings is 2. The molecule has 0 aliphatic heterocycles. The monoisotopic (exact) mass is 481 g/mol. The molecule has 0 saturated heterocycles. The summed E-state index contributed by atoms with van der Waals surface area (Å²) in [6, 6.07) is 24.7. The van der Waals surface area contributed by atoms with Crippen LogP contribution in [0.5, 0.6) is 11.5 Å². The smallest absolute Gasteiger partial charge is 0.509 e. The molecule has 3 aromatic rings. The van der Waals surface area contributed by atoms with Gasteiger partial charge in [0.25, 0.3) is 0 Å². The second kappa shape index (κ2) is 13.5. The van der Waals surface area contributed by atoms with E-state index in [2.05, 4.69) is 43.3 Å². The number of allylic oxidation sites excluding steroid dienone is 6. The van der Waals surface area contributed by atoms with E-state index >= 15 is 0 Å². The van der Waals surface area contributed by atoms with E-state index in [1.54, 1.807) is 24.3 Å². The van der Waals surface area contributed by atoms with E-state index < -0.39 is 0 Å². The Morgan fingerprint density at radius 2 is 1.30 bits per heavy atom. The molecule has 0 heterocycles. The normalized spacial score (nSPS) is 11.7. The van der Waals surface area contributed by atoms with Gasteiger partial charge in [-0.05, 0) is 57.7 Å². The van der Waals surface area contributed by atoms with E-state index in [1.807, 2.05) is 54.6 Å². The van der Waals surface area contributed by atoms with Crippen LogP contribution in [0.3, 0.4) is 0 Å². The van der Waals surface area contributed by atoms with Gasteiger partial charge in [-0.3, -0.25) is 0 Å². The van der Waals surface area contributed by atoms with Gasteiger partial charge < -0.3 is 15.1 Å². The van der Waals surface area contributed by atoms with E-state index in [1.165, 1.54) is 11.1 Å². The first-order valence-corrected chi connectivity index (χ1v) is 10.9. The fourth-order valence-electron chi connectivity index (χ4n) is 3.65. The van der Waals surface area contributed by atoms with E-state index in [9.17, 15) is 10.2 Å². The third-order valence-corrected chi connectivity index (χ3v) is 5.21.